The molecule has 1 fully saturated rings. The summed E-state index contributed by atoms with van der Waals surface area (Å²) in [6.07, 6.45) is 1.54. The van der Waals surface area contributed by atoms with E-state index in [-0.39, 0.29) is 6.10 Å². The van der Waals surface area contributed by atoms with Gasteiger partial charge >= 0.3 is 5.97 Å². The minimum Gasteiger partial charge on any atom is -0.479 e. The quantitative estimate of drug-likeness (QED) is 0.807. The van der Waals surface area contributed by atoms with Gasteiger partial charge in [-0.3, -0.25) is 0 Å². The van der Waals surface area contributed by atoms with Crippen LogP contribution < -0.4 is 5.73 Å². The van der Waals surface area contributed by atoms with E-state index >= 15 is 0 Å². The topological polar surface area (TPSA) is 103 Å². The number of carboxylic acid groups (broad SMARTS) is 1. The number of fused-ring (bicyclic) bond motifs is 1. The molecule has 94 valence electrons. The maximum Gasteiger partial charge on any atom is 0.332 e. The molecule has 0 spiro atoms. The molecule has 3 rings (SSSR count). The lowest BCUT2D eigenvalue weighted by Crippen LogP contribution is -2.19. The van der Waals surface area contributed by atoms with Crippen LogP contribution in [0.25, 0.3) is 5.52 Å². The van der Waals surface area contributed by atoms with E-state index in [1.165, 1.54) is 6.33 Å². The van der Waals surface area contributed by atoms with Crippen molar-refractivity contribution >= 4 is 17.3 Å². The standard InChI is InChI=1S/C11H12N4O3/c12-10-7-2-1-6(15(7)14-5-13-10)8-3-4-9(18-8)11(16)17/h1-2,5,8-9H,3-4H2,(H,16,17)(H2,12,13,14)/t8-,9?/m1/s1. The molecule has 1 saturated heterocycles. The number of rotatable bonds is 2. The van der Waals surface area contributed by atoms with Crippen LogP contribution in [0.3, 0.4) is 0 Å². The summed E-state index contributed by atoms with van der Waals surface area (Å²) in [6, 6.07) is 3.65. The summed E-state index contributed by atoms with van der Waals surface area (Å²) >= 11 is 0. The van der Waals surface area contributed by atoms with Gasteiger partial charge in [0.1, 0.15) is 17.9 Å². The Bertz CT molecular complexity index is 609. The van der Waals surface area contributed by atoms with Crippen molar-refractivity contribution in [3.05, 3.63) is 24.2 Å². The average Bonchev–Trinajstić information content (AvgIpc) is 2.94. The number of carbonyl (C=O) groups is 1. The van der Waals surface area contributed by atoms with Gasteiger partial charge in [-0.25, -0.2) is 14.3 Å². The molecule has 3 N–H and O–H groups in total. The van der Waals surface area contributed by atoms with Crippen LogP contribution in [0.2, 0.25) is 0 Å². The first-order valence-electron chi connectivity index (χ1n) is 5.63. The Balaban J connectivity index is 1.96. The fourth-order valence-corrected chi connectivity index (χ4v) is 2.25. The Morgan fingerprint density at radius 3 is 3.06 bits per heavy atom. The first-order valence-corrected chi connectivity index (χ1v) is 5.63. The van der Waals surface area contributed by atoms with Gasteiger partial charge in [-0.1, -0.05) is 0 Å². The fourth-order valence-electron chi connectivity index (χ4n) is 2.25. The monoisotopic (exact) mass is 248 g/mol. The van der Waals surface area contributed by atoms with Crippen LogP contribution in [0.15, 0.2) is 18.5 Å². The van der Waals surface area contributed by atoms with E-state index in [9.17, 15) is 4.79 Å². The molecule has 2 atom stereocenters. The molecule has 0 aromatic carbocycles. The highest BCUT2D eigenvalue weighted by Crippen LogP contribution is 2.33. The second-order valence-corrected chi connectivity index (χ2v) is 4.23. The van der Waals surface area contributed by atoms with Crippen LogP contribution in [0.5, 0.6) is 0 Å². The Kier molecular flexibility index (Phi) is 2.41. The Morgan fingerprint density at radius 2 is 2.33 bits per heavy atom. The van der Waals surface area contributed by atoms with Gasteiger partial charge in [0.15, 0.2) is 11.9 Å². The zero-order chi connectivity index (χ0) is 12.7. The molecular formula is C11H12N4O3. The number of nitrogens with zero attached hydrogens (tertiary/aromatic N) is 3. The van der Waals surface area contributed by atoms with Crippen molar-refractivity contribution < 1.29 is 14.6 Å². The van der Waals surface area contributed by atoms with Crippen LogP contribution in [0, 0.1) is 0 Å². The van der Waals surface area contributed by atoms with Gasteiger partial charge < -0.3 is 15.6 Å². The average molecular weight is 248 g/mol. The van der Waals surface area contributed by atoms with Gasteiger partial charge in [-0.15, -0.1) is 0 Å². The van der Waals surface area contributed by atoms with Crippen molar-refractivity contribution in [1.82, 2.24) is 14.6 Å². The lowest BCUT2D eigenvalue weighted by atomic mass is 10.1. The molecule has 0 bridgehead atoms. The first kappa shape index (κ1) is 11.0. The second-order valence-electron chi connectivity index (χ2n) is 4.23. The molecule has 7 nitrogen and oxygen atoms in total. The summed E-state index contributed by atoms with van der Waals surface area (Å²) in [6.45, 7) is 0. The Labute approximate surface area is 102 Å². The van der Waals surface area contributed by atoms with Crippen molar-refractivity contribution in [1.29, 1.82) is 0 Å². The number of aromatic nitrogens is 3. The highest BCUT2D eigenvalue weighted by atomic mass is 16.5. The zero-order valence-electron chi connectivity index (χ0n) is 9.48. The molecule has 1 unspecified atom stereocenters. The van der Waals surface area contributed by atoms with Crippen LogP contribution in [-0.4, -0.2) is 31.8 Å². The molecule has 2 aromatic rings. The molecule has 0 saturated carbocycles. The number of aliphatic carboxylic acids is 1. The molecule has 2 aromatic heterocycles. The fraction of sp³-hybridized carbons (Fsp3) is 0.364. The molecule has 1 aliphatic rings. The predicted molar refractivity (Wildman–Crippen MR) is 61.9 cm³/mol. The van der Waals surface area contributed by atoms with Crippen molar-refractivity contribution in [2.24, 2.45) is 0 Å². The summed E-state index contributed by atoms with van der Waals surface area (Å²) in [7, 11) is 0. The Hall–Kier alpha value is -2.15. The minimum atomic E-state index is -0.924. The van der Waals surface area contributed by atoms with E-state index in [4.69, 9.17) is 15.6 Å². The molecular weight excluding hydrogens is 236 g/mol. The maximum atomic E-state index is 10.9. The van der Waals surface area contributed by atoms with Gasteiger partial charge in [0.05, 0.1) is 5.69 Å². The number of nitrogen functional groups attached to an aromatic ring is 1. The summed E-state index contributed by atoms with van der Waals surface area (Å²) < 4.78 is 7.14. The summed E-state index contributed by atoms with van der Waals surface area (Å²) in [5.74, 6) is -0.531. The molecule has 0 aliphatic carbocycles. The van der Waals surface area contributed by atoms with Gasteiger partial charge in [0.2, 0.25) is 0 Å². The highest BCUT2D eigenvalue weighted by Gasteiger charge is 2.33. The normalized spacial score (nSPS) is 23.6. The summed E-state index contributed by atoms with van der Waals surface area (Å²) in [4.78, 5) is 14.8. The SMILES string of the molecule is Nc1ncnn2c([C@H]3CCC(C(=O)O)O3)ccc12. The molecule has 18 heavy (non-hydrogen) atoms. The number of anilines is 1. The largest absolute Gasteiger partial charge is 0.479 e. The Morgan fingerprint density at radius 1 is 1.50 bits per heavy atom. The number of hydrogen-bond acceptors (Lipinski definition) is 5. The number of ether oxygens (including phenoxy) is 1. The van der Waals surface area contributed by atoms with Crippen molar-refractivity contribution in [3.8, 4) is 0 Å². The number of nitrogens with two attached hydrogens (primary N) is 1. The van der Waals surface area contributed by atoms with Gasteiger partial charge in [0.25, 0.3) is 0 Å². The summed E-state index contributed by atoms with van der Waals surface area (Å²) in [5.41, 5.74) is 7.25. The van der Waals surface area contributed by atoms with Crippen molar-refractivity contribution in [3.63, 3.8) is 0 Å². The van der Waals surface area contributed by atoms with Crippen LogP contribution >= 0.6 is 0 Å². The molecule has 0 amide bonds. The van der Waals surface area contributed by atoms with Crippen LogP contribution in [0.4, 0.5) is 5.82 Å². The third-order valence-electron chi connectivity index (χ3n) is 3.14. The number of carboxylic acids is 1. The van der Waals surface area contributed by atoms with Gasteiger partial charge in [-0.05, 0) is 25.0 Å². The predicted octanol–water partition coefficient (Wildman–Crippen LogP) is 0.616. The lowest BCUT2D eigenvalue weighted by molar-refractivity contribution is -0.149. The van der Waals surface area contributed by atoms with Crippen LogP contribution in [0.1, 0.15) is 24.6 Å². The second kappa shape index (κ2) is 3.95. The zero-order valence-corrected chi connectivity index (χ0v) is 9.48. The van der Waals surface area contributed by atoms with Gasteiger partial charge in [0, 0.05) is 0 Å². The first-order chi connectivity index (χ1) is 8.66. The van der Waals surface area contributed by atoms with Crippen molar-refractivity contribution in [2.75, 3.05) is 5.73 Å². The smallest absolute Gasteiger partial charge is 0.332 e. The van der Waals surface area contributed by atoms with E-state index in [0.29, 0.717) is 24.2 Å². The molecule has 1 aliphatic heterocycles. The lowest BCUT2D eigenvalue weighted by Gasteiger charge is -2.11. The highest BCUT2D eigenvalue weighted by molar-refractivity contribution is 5.72. The number of hydrogen-bond donors (Lipinski definition) is 2. The molecule has 0 radical (unpaired) electrons. The third kappa shape index (κ3) is 1.60. The maximum absolute atomic E-state index is 10.9. The summed E-state index contributed by atoms with van der Waals surface area (Å²) in [5, 5.41) is 13.0. The van der Waals surface area contributed by atoms with E-state index in [1.54, 1.807) is 4.52 Å². The third-order valence-corrected chi connectivity index (χ3v) is 3.14. The molecule has 7 heteroatoms. The van der Waals surface area contributed by atoms with E-state index < -0.39 is 12.1 Å². The van der Waals surface area contributed by atoms with E-state index in [0.717, 1.165) is 5.69 Å². The minimum absolute atomic E-state index is 0.261. The van der Waals surface area contributed by atoms with E-state index in [2.05, 4.69) is 10.1 Å². The van der Waals surface area contributed by atoms with Gasteiger partial charge in [-0.2, -0.15) is 5.10 Å². The van der Waals surface area contributed by atoms with Crippen LogP contribution in [-0.2, 0) is 9.53 Å². The molecule has 3 heterocycles. The van der Waals surface area contributed by atoms with E-state index in [1.807, 2.05) is 12.1 Å². The van der Waals surface area contributed by atoms with Crippen molar-refractivity contribution in [2.45, 2.75) is 25.0 Å².